The lowest BCUT2D eigenvalue weighted by Gasteiger charge is -2.26. The number of ether oxygens (including phenoxy) is 1. The number of benzene rings is 1. The first-order valence-corrected chi connectivity index (χ1v) is 7.93. The average Bonchev–Trinajstić information content (AvgIpc) is 3.29. The van der Waals surface area contributed by atoms with Crippen molar-refractivity contribution < 1.29 is 4.74 Å². The summed E-state index contributed by atoms with van der Waals surface area (Å²) in [6.07, 6.45) is 3.81. The van der Waals surface area contributed by atoms with Gasteiger partial charge in [-0.05, 0) is 44.9 Å². The fourth-order valence-electron chi connectivity index (χ4n) is 3.16. The zero-order valence-electron chi connectivity index (χ0n) is 13.2. The summed E-state index contributed by atoms with van der Waals surface area (Å²) in [7, 11) is 4.13. The summed E-state index contributed by atoms with van der Waals surface area (Å²) in [6, 6.07) is 8.64. The standard InChI is InChI=1S/C17H25N3O/c1-4-21-17(12-9-10-12)14(18-2)11-16-19-13-7-5-6-8-15(13)20(16)3/h5-8,12,14,17-18H,4,9-11H2,1-3H3. The number of nitrogens with zero attached hydrogens (tertiary/aromatic N) is 2. The van der Waals surface area contributed by atoms with Gasteiger partial charge in [0.2, 0.25) is 0 Å². The van der Waals surface area contributed by atoms with Gasteiger partial charge in [0.1, 0.15) is 5.82 Å². The highest BCUT2D eigenvalue weighted by atomic mass is 16.5. The Morgan fingerprint density at radius 2 is 2.14 bits per heavy atom. The molecule has 1 fully saturated rings. The maximum absolute atomic E-state index is 6.01. The van der Waals surface area contributed by atoms with Crippen LogP contribution < -0.4 is 5.32 Å². The van der Waals surface area contributed by atoms with Crippen molar-refractivity contribution in [2.45, 2.75) is 38.3 Å². The van der Waals surface area contributed by atoms with E-state index in [0.29, 0.717) is 12.1 Å². The van der Waals surface area contributed by atoms with Gasteiger partial charge in [-0.2, -0.15) is 0 Å². The smallest absolute Gasteiger partial charge is 0.111 e. The molecule has 0 bridgehead atoms. The molecule has 0 amide bonds. The fraction of sp³-hybridized carbons (Fsp3) is 0.588. The Balaban J connectivity index is 1.82. The lowest BCUT2D eigenvalue weighted by molar-refractivity contribution is 0.0205. The number of hydrogen-bond donors (Lipinski definition) is 1. The number of aryl methyl sites for hydroxylation is 1. The number of likely N-dealkylation sites (N-methyl/N-ethyl adjacent to an activating group) is 1. The second kappa shape index (κ2) is 6.16. The van der Waals surface area contributed by atoms with Gasteiger partial charge in [-0.15, -0.1) is 0 Å². The van der Waals surface area contributed by atoms with Crippen LogP contribution in [0.4, 0.5) is 0 Å². The zero-order chi connectivity index (χ0) is 14.8. The molecule has 0 radical (unpaired) electrons. The van der Waals surface area contributed by atoms with E-state index in [9.17, 15) is 0 Å². The van der Waals surface area contributed by atoms with E-state index in [1.165, 1.54) is 18.4 Å². The number of nitrogens with one attached hydrogen (secondary N) is 1. The third-order valence-electron chi connectivity index (χ3n) is 4.50. The zero-order valence-corrected chi connectivity index (χ0v) is 13.2. The van der Waals surface area contributed by atoms with Crippen molar-refractivity contribution >= 4 is 11.0 Å². The molecule has 4 heteroatoms. The van der Waals surface area contributed by atoms with Gasteiger partial charge >= 0.3 is 0 Å². The summed E-state index contributed by atoms with van der Waals surface area (Å²) in [5, 5.41) is 3.45. The average molecular weight is 287 g/mol. The molecule has 1 aliphatic rings. The molecule has 21 heavy (non-hydrogen) atoms. The molecule has 1 heterocycles. The molecule has 1 N–H and O–H groups in total. The third-order valence-corrected chi connectivity index (χ3v) is 4.50. The van der Waals surface area contributed by atoms with Crippen molar-refractivity contribution in [2.75, 3.05) is 13.7 Å². The maximum atomic E-state index is 6.01. The molecular formula is C17H25N3O. The van der Waals surface area contributed by atoms with Gasteiger partial charge in [-0.25, -0.2) is 4.98 Å². The fourth-order valence-corrected chi connectivity index (χ4v) is 3.16. The molecule has 1 aromatic carbocycles. The van der Waals surface area contributed by atoms with Gasteiger partial charge in [0.25, 0.3) is 0 Å². The van der Waals surface area contributed by atoms with Gasteiger partial charge in [0.05, 0.1) is 17.1 Å². The van der Waals surface area contributed by atoms with Crippen LogP contribution in [0.3, 0.4) is 0 Å². The summed E-state index contributed by atoms with van der Waals surface area (Å²) in [5.74, 6) is 1.85. The summed E-state index contributed by atoms with van der Waals surface area (Å²) >= 11 is 0. The quantitative estimate of drug-likeness (QED) is 0.850. The highest BCUT2D eigenvalue weighted by Gasteiger charge is 2.37. The first-order chi connectivity index (χ1) is 10.2. The molecule has 4 nitrogen and oxygen atoms in total. The molecule has 0 saturated heterocycles. The maximum Gasteiger partial charge on any atom is 0.111 e. The summed E-state index contributed by atoms with van der Waals surface area (Å²) in [6.45, 7) is 2.86. The minimum atomic E-state index is 0.305. The van der Waals surface area contributed by atoms with Crippen LogP contribution in [0, 0.1) is 5.92 Å². The minimum absolute atomic E-state index is 0.305. The Labute approximate surface area is 126 Å². The SMILES string of the molecule is CCOC(C1CC1)C(Cc1nc2ccccc2n1C)NC. The summed E-state index contributed by atoms with van der Waals surface area (Å²) in [5.41, 5.74) is 2.27. The van der Waals surface area contributed by atoms with Crippen molar-refractivity contribution in [1.82, 2.24) is 14.9 Å². The van der Waals surface area contributed by atoms with E-state index in [4.69, 9.17) is 9.72 Å². The number of rotatable bonds is 7. The molecule has 3 rings (SSSR count). The van der Waals surface area contributed by atoms with Crippen molar-refractivity contribution in [1.29, 1.82) is 0 Å². The van der Waals surface area contributed by atoms with Gasteiger partial charge in [0.15, 0.2) is 0 Å². The number of imidazole rings is 1. The van der Waals surface area contributed by atoms with E-state index in [0.717, 1.165) is 30.3 Å². The number of para-hydroxylation sites is 2. The Kier molecular flexibility index (Phi) is 4.27. The van der Waals surface area contributed by atoms with E-state index in [-0.39, 0.29) is 0 Å². The molecule has 1 aliphatic carbocycles. The lowest BCUT2D eigenvalue weighted by Crippen LogP contribution is -2.43. The van der Waals surface area contributed by atoms with Crippen LogP contribution in [0.2, 0.25) is 0 Å². The van der Waals surface area contributed by atoms with Crippen LogP contribution in [0.1, 0.15) is 25.6 Å². The molecule has 114 valence electrons. The van der Waals surface area contributed by atoms with Crippen LogP contribution in [0.15, 0.2) is 24.3 Å². The van der Waals surface area contributed by atoms with Crippen molar-refractivity contribution in [3.8, 4) is 0 Å². The van der Waals surface area contributed by atoms with E-state index in [1.807, 2.05) is 13.1 Å². The van der Waals surface area contributed by atoms with Crippen molar-refractivity contribution in [3.05, 3.63) is 30.1 Å². The van der Waals surface area contributed by atoms with Gasteiger partial charge in [0, 0.05) is 26.1 Å². The van der Waals surface area contributed by atoms with Gasteiger partial charge in [-0.3, -0.25) is 0 Å². The van der Waals surface area contributed by atoms with E-state index < -0.39 is 0 Å². The Morgan fingerprint density at radius 3 is 2.76 bits per heavy atom. The Morgan fingerprint density at radius 1 is 1.38 bits per heavy atom. The highest BCUT2D eigenvalue weighted by Crippen LogP contribution is 2.36. The molecular weight excluding hydrogens is 262 g/mol. The predicted molar refractivity (Wildman–Crippen MR) is 85.4 cm³/mol. The van der Waals surface area contributed by atoms with Crippen LogP contribution in [-0.4, -0.2) is 35.4 Å². The van der Waals surface area contributed by atoms with Crippen LogP contribution in [0.5, 0.6) is 0 Å². The molecule has 2 atom stereocenters. The molecule has 1 aromatic heterocycles. The topological polar surface area (TPSA) is 39.1 Å². The molecule has 0 spiro atoms. The lowest BCUT2D eigenvalue weighted by atomic mass is 10.0. The molecule has 2 unspecified atom stereocenters. The molecule has 2 aromatic rings. The number of fused-ring (bicyclic) bond motifs is 1. The van der Waals surface area contributed by atoms with Crippen LogP contribution in [0.25, 0.3) is 11.0 Å². The molecule has 1 saturated carbocycles. The second-order valence-electron chi connectivity index (χ2n) is 5.93. The minimum Gasteiger partial charge on any atom is -0.377 e. The summed E-state index contributed by atoms with van der Waals surface area (Å²) < 4.78 is 8.21. The largest absolute Gasteiger partial charge is 0.377 e. The Hall–Kier alpha value is -1.39. The van der Waals surface area contributed by atoms with Crippen molar-refractivity contribution in [3.63, 3.8) is 0 Å². The monoisotopic (exact) mass is 287 g/mol. The highest BCUT2D eigenvalue weighted by molar-refractivity contribution is 5.75. The normalized spacial score (nSPS) is 18.0. The third kappa shape index (κ3) is 2.97. The van der Waals surface area contributed by atoms with E-state index in [1.54, 1.807) is 0 Å². The predicted octanol–water partition coefficient (Wildman–Crippen LogP) is 2.52. The van der Waals surface area contributed by atoms with E-state index >= 15 is 0 Å². The first-order valence-electron chi connectivity index (χ1n) is 7.93. The van der Waals surface area contributed by atoms with Gasteiger partial charge in [-0.1, -0.05) is 12.1 Å². The van der Waals surface area contributed by atoms with Gasteiger partial charge < -0.3 is 14.6 Å². The first kappa shape index (κ1) is 14.5. The Bertz CT molecular complexity index is 603. The number of hydrogen-bond acceptors (Lipinski definition) is 3. The second-order valence-corrected chi connectivity index (χ2v) is 5.93. The van der Waals surface area contributed by atoms with Crippen molar-refractivity contribution in [2.24, 2.45) is 13.0 Å². The summed E-state index contributed by atoms with van der Waals surface area (Å²) in [4.78, 5) is 4.79. The van der Waals surface area contributed by atoms with Crippen LogP contribution in [-0.2, 0) is 18.2 Å². The number of aromatic nitrogens is 2. The molecule has 0 aliphatic heterocycles. The van der Waals surface area contributed by atoms with E-state index in [2.05, 4.69) is 42.1 Å². The van der Waals surface area contributed by atoms with Crippen LogP contribution >= 0.6 is 0 Å².